The smallest absolute Gasteiger partial charge is 0.256 e. The topological polar surface area (TPSA) is 63.1 Å². The largest absolute Gasteiger partial charge is 0.370 e. The van der Waals surface area contributed by atoms with Crippen LogP contribution in [0.4, 0.5) is 11.4 Å². The molecule has 1 amide bonds. The normalized spacial score (nSPS) is 14.9. The van der Waals surface area contributed by atoms with Crippen molar-refractivity contribution in [1.82, 2.24) is 14.8 Å². The molecular formula is C22H27N5O. The third-order valence-electron chi connectivity index (χ3n) is 5.44. The number of anilines is 2. The molecule has 6 nitrogen and oxygen atoms in total. The van der Waals surface area contributed by atoms with E-state index < -0.39 is 0 Å². The van der Waals surface area contributed by atoms with Gasteiger partial charge in [0.15, 0.2) is 5.65 Å². The van der Waals surface area contributed by atoms with E-state index in [1.54, 1.807) is 4.68 Å². The van der Waals surface area contributed by atoms with E-state index in [1.165, 1.54) is 25.7 Å². The lowest BCUT2D eigenvalue weighted by Gasteiger charge is -2.25. The summed E-state index contributed by atoms with van der Waals surface area (Å²) in [5.41, 5.74) is 4.95. The number of pyridine rings is 1. The van der Waals surface area contributed by atoms with E-state index in [9.17, 15) is 4.79 Å². The van der Waals surface area contributed by atoms with Gasteiger partial charge in [-0.2, -0.15) is 5.10 Å². The van der Waals surface area contributed by atoms with E-state index in [0.29, 0.717) is 5.56 Å². The molecule has 0 atom stereocenters. The van der Waals surface area contributed by atoms with E-state index in [0.717, 1.165) is 46.9 Å². The standard InChI is InChI=1S/C22H27N5O/c1-15-14-17(20-16(2)25-26(3)21(20)23-15)22(28)24-18-10-6-7-11-19(18)27-12-8-4-5-9-13-27/h6-7,10-11,14H,4-5,8-9,12-13H2,1-3H3,(H,24,28). The number of carbonyl (C=O) groups is 1. The van der Waals surface area contributed by atoms with E-state index in [-0.39, 0.29) is 5.91 Å². The summed E-state index contributed by atoms with van der Waals surface area (Å²) >= 11 is 0. The highest BCUT2D eigenvalue weighted by molar-refractivity contribution is 6.13. The lowest BCUT2D eigenvalue weighted by atomic mass is 10.1. The molecule has 4 rings (SSSR count). The van der Waals surface area contributed by atoms with Crippen LogP contribution in [0.3, 0.4) is 0 Å². The monoisotopic (exact) mass is 377 g/mol. The number of nitrogens with one attached hydrogen (secondary N) is 1. The number of rotatable bonds is 3. The van der Waals surface area contributed by atoms with Crippen LogP contribution in [0.15, 0.2) is 30.3 Å². The molecule has 1 fully saturated rings. The molecule has 1 N–H and O–H groups in total. The van der Waals surface area contributed by atoms with Crippen LogP contribution < -0.4 is 10.2 Å². The molecule has 3 heterocycles. The molecule has 0 spiro atoms. The minimum absolute atomic E-state index is 0.117. The number of hydrogen-bond acceptors (Lipinski definition) is 4. The first-order valence-electron chi connectivity index (χ1n) is 10.0. The molecule has 0 aliphatic carbocycles. The van der Waals surface area contributed by atoms with E-state index >= 15 is 0 Å². The fourth-order valence-electron chi connectivity index (χ4n) is 4.11. The van der Waals surface area contributed by atoms with Crippen molar-refractivity contribution in [3.05, 3.63) is 47.3 Å². The van der Waals surface area contributed by atoms with Crippen molar-refractivity contribution in [1.29, 1.82) is 0 Å². The van der Waals surface area contributed by atoms with Crippen molar-refractivity contribution in [2.24, 2.45) is 7.05 Å². The molecule has 146 valence electrons. The van der Waals surface area contributed by atoms with Crippen LogP contribution in [-0.4, -0.2) is 33.8 Å². The van der Waals surface area contributed by atoms with Crippen molar-refractivity contribution >= 4 is 28.3 Å². The SMILES string of the molecule is Cc1cc(C(=O)Nc2ccccc2N2CCCCCC2)c2c(C)nn(C)c2n1. The summed E-state index contributed by atoms with van der Waals surface area (Å²) in [4.78, 5) is 20.2. The number of hydrogen-bond donors (Lipinski definition) is 1. The maximum atomic E-state index is 13.3. The summed E-state index contributed by atoms with van der Waals surface area (Å²) in [5, 5.41) is 8.42. The second kappa shape index (κ2) is 7.62. The molecule has 1 aromatic carbocycles. The highest BCUT2D eigenvalue weighted by Gasteiger charge is 2.20. The summed E-state index contributed by atoms with van der Waals surface area (Å²) in [6.45, 7) is 5.89. The van der Waals surface area contributed by atoms with Crippen molar-refractivity contribution in [3.8, 4) is 0 Å². The minimum Gasteiger partial charge on any atom is -0.370 e. The lowest BCUT2D eigenvalue weighted by molar-refractivity contribution is 0.102. The number of aromatic nitrogens is 3. The molecule has 1 aliphatic heterocycles. The van der Waals surface area contributed by atoms with Crippen molar-refractivity contribution in [2.75, 3.05) is 23.3 Å². The first-order valence-corrected chi connectivity index (χ1v) is 10.0. The number of para-hydroxylation sites is 2. The third-order valence-corrected chi connectivity index (χ3v) is 5.44. The maximum Gasteiger partial charge on any atom is 0.256 e. The molecule has 28 heavy (non-hydrogen) atoms. The van der Waals surface area contributed by atoms with Gasteiger partial charge in [-0.25, -0.2) is 4.98 Å². The fraction of sp³-hybridized carbons (Fsp3) is 0.409. The van der Waals surface area contributed by atoms with Crippen LogP contribution in [0.1, 0.15) is 47.4 Å². The second-order valence-electron chi connectivity index (χ2n) is 7.59. The van der Waals surface area contributed by atoms with Crippen molar-refractivity contribution < 1.29 is 4.79 Å². The fourth-order valence-corrected chi connectivity index (χ4v) is 4.11. The number of carbonyl (C=O) groups excluding carboxylic acids is 1. The number of amides is 1. The van der Waals surface area contributed by atoms with Gasteiger partial charge in [-0.1, -0.05) is 25.0 Å². The Morgan fingerprint density at radius 1 is 1.07 bits per heavy atom. The Morgan fingerprint density at radius 3 is 2.54 bits per heavy atom. The zero-order valence-corrected chi connectivity index (χ0v) is 16.8. The summed E-state index contributed by atoms with van der Waals surface area (Å²) in [5.74, 6) is -0.117. The number of nitrogens with zero attached hydrogens (tertiary/aromatic N) is 4. The second-order valence-corrected chi connectivity index (χ2v) is 7.59. The molecule has 6 heteroatoms. The summed E-state index contributed by atoms with van der Waals surface area (Å²) in [6.07, 6.45) is 4.95. The number of fused-ring (bicyclic) bond motifs is 1. The van der Waals surface area contributed by atoms with Gasteiger partial charge in [0.1, 0.15) is 0 Å². The first kappa shape index (κ1) is 18.5. The van der Waals surface area contributed by atoms with Gasteiger partial charge in [0.25, 0.3) is 5.91 Å². The Balaban J connectivity index is 1.69. The van der Waals surface area contributed by atoms with Gasteiger partial charge in [-0.15, -0.1) is 0 Å². The molecule has 0 bridgehead atoms. The van der Waals surface area contributed by atoms with Gasteiger partial charge in [-0.3, -0.25) is 9.48 Å². The Labute approximate surface area is 165 Å². The third kappa shape index (κ3) is 3.46. The molecule has 0 radical (unpaired) electrons. The van der Waals surface area contributed by atoms with Crippen LogP contribution in [0.25, 0.3) is 11.0 Å². The molecular weight excluding hydrogens is 350 g/mol. The molecule has 0 saturated carbocycles. The van der Waals surface area contributed by atoms with Crippen molar-refractivity contribution in [2.45, 2.75) is 39.5 Å². The molecule has 1 aliphatic rings. The average Bonchev–Trinajstić information content (AvgIpc) is 2.86. The van der Waals surface area contributed by atoms with Gasteiger partial charge < -0.3 is 10.2 Å². The Morgan fingerprint density at radius 2 is 1.79 bits per heavy atom. The number of benzene rings is 1. The Hall–Kier alpha value is -2.89. The van der Waals surface area contributed by atoms with Gasteiger partial charge in [-0.05, 0) is 44.9 Å². The molecule has 3 aromatic rings. The summed E-state index contributed by atoms with van der Waals surface area (Å²) < 4.78 is 1.74. The molecule has 0 unspecified atom stereocenters. The molecule has 2 aromatic heterocycles. The van der Waals surface area contributed by atoms with E-state index in [2.05, 4.69) is 26.4 Å². The van der Waals surface area contributed by atoms with Crippen molar-refractivity contribution in [3.63, 3.8) is 0 Å². The Bertz CT molecular complexity index is 1020. The van der Waals surface area contributed by atoms with Gasteiger partial charge >= 0.3 is 0 Å². The van der Waals surface area contributed by atoms with Gasteiger partial charge in [0.05, 0.1) is 28.0 Å². The van der Waals surface area contributed by atoms with E-state index in [4.69, 9.17) is 0 Å². The van der Waals surface area contributed by atoms with Crippen LogP contribution in [0.2, 0.25) is 0 Å². The van der Waals surface area contributed by atoms with Crippen LogP contribution in [0.5, 0.6) is 0 Å². The van der Waals surface area contributed by atoms with Crippen LogP contribution in [-0.2, 0) is 7.05 Å². The first-order chi connectivity index (χ1) is 13.5. The average molecular weight is 377 g/mol. The summed E-state index contributed by atoms with van der Waals surface area (Å²) in [6, 6.07) is 9.94. The molecule has 1 saturated heterocycles. The van der Waals surface area contributed by atoms with Crippen LogP contribution in [0, 0.1) is 13.8 Å². The summed E-state index contributed by atoms with van der Waals surface area (Å²) in [7, 11) is 1.86. The zero-order chi connectivity index (χ0) is 19.7. The van der Waals surface area contributed by atoms with Gasteiger partial charge in [0.2, 0.25) is 0 Å². The van der Waals surface area contributed by atoms with E-state index in [1.807, 2.05) is 45.2 Å². The lowest BCUT2D eigenvalue weighted by Crippen LogP contribution is -2.25. The number of aryl methyl sites for hydroxylation is 3. The Kier molecular flexibility index (Phi) is 5.03. The maximum absolute atomic E-state index is 13.3. The predicted molar refractivity (Wildman–Crippen MR) is 113 cm³/mol. The highest BCUT2D eigenvalue weighted by Crippen LogP contribution is 2.29. The van der Waals surface area contributed by atoms with Gasteiger partial charge in [0, 0.05) is 25.8 Å². The highest BCUT2D eigenvalue weighted by atomic mass is 16.1. The zero-order valence-electron chi connectivity index (χ0n) is 16.8. The van der Waals surface area contributed by atoms with Crippen LogP contribution >= 0.6 is 0 Å². The quantitative estimate of drug-likeness (QED) is 0.742. The predicted octanol–water partition coefficient (Wildman–Crippen LogP) is 4.22. The minimum atomic E-state index is -0.117.